The van der Waals surface area contributed by atoms with Crippen LogP contribution >= 0.6 is 0 Å². The molecule has 0 fully saturated rings. The molecule has 0 aliphatic carbocycles. The molecule has 0 spiro atoms. The summed E-state index contributed by atoms with van der Waals surface area (Å²) in [7, 11) is 0. The quantitative estimate of drug-likeness (QED) is 0.365. The summed E-state index contributed by atoms with van der Waals surface area (Å²) in [5.74, 6) is 0.680. The Morgan fingerprint density at radius 2 is 1.78 bits per heavy atom. The van der Waals surface area contributed by atoms with Crippen molar-refractivity contribution in [1.82, 2.24) is 0 Å². The molecular formula is C16H24O2. The van der Waals surface area contributed by atoms with Crippen LogP contribution in [0.25, 0.3) is 0 Å². The lowest BCUT2D eigenvalue weighted by Gasteiger charge is -2.32. The molecule has 0 rings (SSSR count). The number of hydrogen-bond acceptors (Lipinski definition) is 2. The number of carbonyl (C=O) groups is 1. The minimum atomic E-state index is -0.424. The molecule has 0 aromatic rings. The highest BCUT2D eigenvalue weighted by molar-refractivity contribution is 5.58. The second kappa shape index (κ2) is 7.00. The van der Waals surface area contributed by atoms with Crippen molar-refractivity contribution in [3.63, 3.8) is 0 Å². The first-order valence-corrected chi connectivity index (χ1v) is 6.03. The van der Waals surface area contributed by atoms with E-state index < -0.39 is 11.0 Å². The van der Waals surface area contributed by atoms with Crippen molar-refractivity contribution < 1.29 is 9.53 Å². The maximum atomic E-state index is 11.0. The van der Waals surface area contributed by atoms with Crippen LogP contribution < -0.4 is 0 Å². The van der Waals surface area contributed by atoms with Gasteiger partial charge in [-0.15, -0.1) is 0 Å². The third-order valence-corrected chi connectivity index (χ3v) is 2.30. The summed E-state index contributed by atoms with van der Waals surface area (Å²) in [5, 5.41) is 0. The highest BCUT2D eigenvalue weighted by atomic mass is 16.5. The Bertz CT molecular complexity index is 357. The Morgan fingerprint density at radius 3 is 2.22 bits per heavy atom. The maximum Gasteiger partial charge on any atom is 0.125 e. The van der Waals surface area contributed by atoms with Crippen LogP contribution in [0.1, 0.15) is 34.1 Å². The first kappa shape index (κ1) is 16.4. The first-order valence-electron chi connectivity index (χ1n) is 6.03. The van der Waals surface area contributed by atoms with E-state index in [0.29, 0.717) is 12.2 Å². The smallest absolute Gasteiger partial charge is 0.125 e. The number of carbonyl (C=O) groups excluding carboxylic acids is 1. The zero-order chi connectivity index (χ0) is 14.2. The van der Waals surface area contributed by atoms with E-state index in [1.54, 1.807) is 12.2 Å². The highest BCUT2D eigenvalue weighted by Crippen LogP contribution is 2.30. The minimum Gasteiger partial charge on any atom is -0.488 e. The molecule has 0 aliphatic heterocycles. The molecule has 2 nitrogen and oxygen atoms in total. The van der Waals surface area contributed by atoms with Gasteiger partial charge in [0.15, 0.2) is 0 Å². The molecule has 0 unspecified atom stereocenters. The summed E-state index contributed by atoms with van der Waals surface area (Å²) in [6.07, 6.45) is 10.4. The highest BCUT2D eigenvalue weighted by Gasteiger charge is 2.30. The lowest BCUT2D eigenvalue weighted by molar-refractivity contribution is -0.118. The Hall–Kier alpha value is -1.57. The molecule has 0 saturated carbocycles. The second-order valence-corrected chi connectivity index (χ2v) is 5.54. The van der Waals surface area contributed by atoms with Crippen LogP contribution in [-0.2, 0) is 9.53 Å². The zero-order valence-electron chi connectivity index (χ0n) is 11.9. The lowest BCUT2D eigenvalue weighted by Crippen LogP contribution is -2.32. The van der Waals surface area contributed by atoms with Gasteiger partial charge in [0, 0.05) is 5.41 Å². The van der Waals surface area contributed by atoms with Gasteiger partial charge in [0.25, 0.3) is 0 Å². The predicted molar refractivity (Wildman–Crippen MR) is 77.2 cm³/mol. The zero-order valence-corrected chi connectivity index (χ0v) is 11.9. The van der Waals surface area contributed by atoms with E-state index >= 15 is 0 Å². The Morgan fingerprint density at radius 1 is 1.17 bits per heavy atom. The molecule has 0 N–H and O–H groups in total. The van der Waals surface area contributed by atoms with E-state index in [9.17, 15) is 4.79 Å². The fourth-order valence-corrected chi connectivity index (χ4v) is 1.87. The number of hydrogen-bond donors (Lipinski definition) is 0. The summed E-state index contributed by atoms with van der Waals surface area (Å²) in [5.41, 5.74) is -0.820. The van der Waals surface area contributed by atoms with Gasteiger partial charge < -0.3 is 9.53 Å². The molecule has 0 aromatic carbocycles. The fourth-order valence-electron chi connectivity index (χ4n) is 1.87. The van der Waals surface area contributed by atoms with Crippen molar-refractivity contribution in [2.45, 2.75) is 39.7 Å². The molecule has 2 heteroatoms. The van der Waals surface area contributed by atoms with Gasteiger partial charge in [-0.1, -0.05) is 45.2 Å². The Kier molecular flexibility index (Phi) is 6.39. The number of aldehydes is 1. The molecule has 0 radical (unpaired) electrons. The minimum absolute atomic E-state index is 0.396. The average Bonchev–Trinajstić information content (AvgIpc) is 2.26. The maximum absolute atomic E-state index is 11.0. The Balaban J connectivity index is 4.77. The average molecular weight is 248 g/mol. The van der Waals surface area contributed by atoms with Crippen molar-refractivity contribution in [3.8, 4) is 0 Å². The number of ether oxygens (including phenoxy) is 1. The molecule has 100 valence electrons. The summed E-state index contributed by atoms with van der Waals surface area (Å²) in [6, 6.07) is 0. The SMILES string of the molecule is C=C/C=C\C=C(/C=C)OC(C)(C)CC(C)(C)C=O. The Labute approximate surface area is 111 Å². The third kappa shape index (κ3) is 6.89. The lowest BCUT2D eigenvalue weighted by atomic mass is 9.83. The summed E-state index contributed by atoms with van der Waals surface area (Å²) in [6.45, 7) is 15.0. The summed E-state index contributed by atoms with van der Waals surface area (Å²) >= 11 is 0. The number of rotatable bonds is 8. The second-order valence-electron chi connectivity index (χ2n) is 5.54. The normalized spacial score (nSPS) is 13.4. The molecular weight excluding hydrogens is 224 g/mol. The van der Waals surface area contributed by atoms with Crippen LogP contribution in [0.2, 0.25) is 0 Å². The van der Waals surface area contributed by atoms with Gasteiger partial charge >= 0.3 is 0 Å². The van der Waals surface area contributed by atoms with Gasteiger partial charge in [-0.3, -0.25) is 0 Å². The van der Waals surface area contributed by atoms with Crippen molar-refractivity contribution in [2.75, 3.05) is 0 Å². The van der Waals surface area contributed by atoms with E-state index in [2.05, 4.69) is 13.2 Å². The van der Waals surface area contributed by atoms with Crippen LogP contribution in [0.5, 0.6) is 0 Å². The van der Waals surface area contributed by atoms with Crippen molar-refractivity contribution in [3.05, 3.63) is 49.3 Å². The fraction of sp³-hybridized carbons (Fsp3) is 0.438. The molecule has 18 heavy (non-hydrogen) atoms. The molecule has 0 aromatic heterocycles. The van der Waals surface area contributed by atoms with E-state index in [4.69, 9.17) is 4.74 Å². The molecule has 0 heterocycles. The van der Waals surface area contributed by atoms with Crippen LogP contribution in [-0.4, -0.2) is 11.9 Å². The van der Waals surface area contributed by atoms with E-state index in [0.717, 1.165) is 6.29 Å². The summed E-state index contributed by atoms with van der Waals surface area (Å²) in [4.78, 5) is 11.0. The molecule has 0 amide bonds. The van der Waals surface area contributed by atoms with E-state index in [-0.39, 0.29) is 0 Å². The standard InChI is InChI=1S/C16H24O2/c1-7-9-10-11-14(8-2)18-16(5,6)12-15(3,4)13-17/h7-11,13H,1-2,12H2,3-6H3/b10-9-,14-11+. The van der Waals surface area contributed by atoms with Crippen LogP contribution in [0.4, 0.5) is 0 Å². The van der Waals surface area contributed by atoms with Crippen molar-refractivity contribution >= 4 is 6.29 Å². The van der Waals surface area contributed by atoms with Gasteiger partial charge in [-0.05, 0) is 32.4 Å². The van der Waals surface area contributed by atoms with Crippen LogP contribution in [0.3, 0.4) is 0 Å². The van der Waals surface area contributed by atoms with Crippen molar-refractivity contribution in [1.29, 1.82) is 0 Å². The number of allylic oxidation sites excluding steroid dienone is 5. The van der Waals surface area contributed by atoms with Gasteiger partial charge in [-0.25, -0.2) is 0 Å². The van der Waals surface area contributed by atoms with Gasteiger partial charge in [0.2, 0.25) is 0 Å². The molecule has 0 atom stereocenters. The largest absolute Gasteiger partial charge is 0.488 e. The molecule has 0 saturated heterocycles. The topological polar surface area (TPSA) is 26.3 Å². The first-order chi connectivity index (χ1) is 8.26. The predicted octanol–water partition coefficient (Wildman–Crippen LogP) is 4.21. The molecule has 0 bridgehead atoms. The van der Waals surface area contributed by atoms with Crippen LogP contribution in [0, 0.1) is 5.41 Å². The van der Waals surface area contributed by atoms with E-state index in [1.807, 2.05) is 45.9 Å². The van der Waals surface area contributed by atoms with Crippen LogP contribution in [0.15, 0.2) is 49.3 Å². The van der Waals surface area contributed by atoms with E-state index in [1.165, 1.54) is 0 Å². The summed E-state index contributed by atoms with van der Waals surface area (Å²) < 4.78 is 5.87. The molecule has 0 aliphatic rings. The monoisotopic (exact) mass is 248 g/mol. The van der Waals surface area contributed by atoms with Gasteiger partial charge in [-0.2, -0.15) is 0 Å². The van der Waals surface area contributed by atoms with Gasteiger partial charge in [0.1, 0.15) is 17.6 Å². The third-order valence-electron chi connectivity index (χ3n) is 2.30. The van der Waals surface area contributed by atoms with Crippen molar-refractivity contribution in [2.24, 2.45) is 5.41 Å². The van der Waals surface area contributed by atoms with Gasteiger partial charge in [0.05, 0.1) is 0 Å².